The SMILES string of the molecule is Cc1ccc(OC[C@H](O)Cn2c(=S)[nH]c3c2c(=O)n(C)c(=O)n3C)cc1. The van der Waals surface area contributed by atoms with E-state index in [4.69, 9.17) is 17.0 Å². The molecule has 9 heteroatoms. The Labute approximate surface area is 153 Å². The molecule has 0 saturated heterocycles. The summed E-state index contributed by atoms with van der Waals surface area (Å²) in [6.07, 6.45) is -0.885. The summed E-state index contributed by atoms with van der Waals surface area (Å²) in [5, 5.41) is 10.3. The van der Waals surface area contributed by atoms with Gasteiger partial charge in [0.2, 0.25) is 0 Å². The van der Waals surface area contributed by atoms with Crippen LogP contribution in [0.1, 0.15) is 5.56 Å². The van der Waals surface area contributed by atoms with Crippen molar-refractivity contribution in [2.75, 3.05) is 6.61 Å². The van der Waals surface area contributed by atoms with Gasteiger partial charge in [0.1, 0.15) is 24.1 Å². The molecule has 1 atom stereocenters. The van der Waals surface area contributed by atoms with E-state index in [-0.39, 0.29) is 23.4 Å². The Morgan fingerprint density at radius 2 is 1.85 bits per heavy atom. The number of hydrogen-bond acceptors (Lipinski definition) is 5. The standard InChI is InChI=1S/C17H20N4O4S/c1-10-4-6-12(7-5-10)25-9-11(22)8-21-13-14(18-16(21)26)19(2)17(24)20(3)15(13)23/h4-7,11,22H,8-9H2,1-3H3,(H,18,26)/t11-/m1/s1. The topological polar surface area (TPSA) is 94.2 Å². The van der Waals surface area contributed by atoms with E-state index in [0.29, 0.717) is 11.4 Å². The van der Waals surface area contributed by atoms with Crippen LogP contribution in [0.15, 0.2) is 33.9 Å². The van der Waals surface area contributed by atoms with Crippen LogP contribution in [0.3, 0.4) is 0 Å². The first-order valence-electron chi connectivity index (χ1n) is 8.05. The average molecular weight is 376 g/mol. The van der Waals surface area contributed by atoms with Gasteiger partial charge in [0.05, 0.1) is 6.54 Å². The smallest absolute Gasteiger partial charge is 0.332 e. The van der Waals surface area contributed by atoms with E-state index >= 15 is 0 Å². The van der Waals surface area contributed by atoms with Crippen molar-refractivity contribution in [1.82, 2.24) is 18.7 Å². The van der Waals surface area contributed by atoms with E-state index in [1.807, 2.05) is 31.2 Å². The molecular formula is C17H20N4O4S. The number of rotatable bonds is 5. The predicted molar refractivity (Wildman–Crippen MR) is 100 cm³/mol. The second kappa shape index (κ2) is 6.93. The number of nitrogens with one attached hydrogen (secondary N) is 1. The number of aromatic nitrogens is 4. The fraction of sp³-hybridized carbons (Fsp3) is 0.353. The number of nitrogens with zero attached hydrogens (tertiary/aromatic N) is 3. The third-order valence-electron chi connectivity index (χ3n) is 4.24. The van der Waals surface area contributed by atoms with Crippen LogP contribution in [0.25, 0.3) is 11.2 Å². The van der Waals surface area contributed by atoms with Crippen molar-refractivity contribution in [3.63, 3.8) is 0 Å². The predicted octanol–water partition coefficient (Wildman–Crippen LogP) is 0.845. The molecule has 2 aromatic heterocycles. The molecule has 8 nitrogen and oxygen atoms in total. The molecule has 0 amide bonds. The fourth-order valence-corrected chi connectivity index (χ4v) is 3.01. The number of H-pyrrole nitrogens is 1. The Morgan fingerprint density at radius 3 is 2.50 bits per heavy atom. The summed E-state index contributed by atoms with van der Waals surface area (Å²) >= 11 is 5.26. The molecule has 0 bridgehead atoms. The van der Waals surface area contributed by atoms with Crippen molar-refractivity contribution in [3.8, 4) is 5.75 Å². The van der Waals surface area contributed by atoms with Crippen LogP contribution in [0.2, 0.25) is 0 Å². The van der Waals surface area contributed by atoms with E-state index in [2.05, 4.69) is 4.98 Å². The average Bonchev–Trinajstić information content (AvgIpc) is 2.94. The highest BCUT2D eigenvalue weighted by Crippen LogP contribution is 2.13. The third-order valence-corrected chi connectivity index (χ3v) is 4.56. The molecule has 0 unspecified atom stereocenters. The minimum atomic E-state index is -0.885. The van der Waals surface area contributed by atoms with Crippen LogP contribution in [0.5, 0.6) is 5.75 Å². The number of fused-ring (bicyclic) bond motifs is 1. The molecule has 1 aromatic carbocycles. The molecule has 0 radical (unpaired) electrons. The lowest BCUT2D eigenvalue weighted by molar-refractivity contribution is 0.0930. The molecule has 3 rings (SSSR count). The number of hydrogen-bond donors (Lipinski definition) is 2. The number of imidazole rings is 1. The lowest BCUT2D eigenvalue weighted by atomic mass is 10.2. The van der Waals surface area contributed by atoms with E-state index in [1.165, 1.54) is 16.2 Å². The van der Waals surface area contributed by atoms with Gasteiger partial charge >= 0.3 is 5.69 Å². The number of aryl methyl sites for hydroxylation is 2. The maximum atomic E-state index is 12.5. The highest BCUT2D eigenvalue weighted by atomic mass is 32.1. The van der Waals surface area contributed by atoms with Gasteiger partial charge < -0.3 is 19.4 Å². The minimum absolute atomic E-state index is 0.0452. The molecule has 0 spiro atoms. The Hall–Kier alpha value is -2.65. The van der Waals surface area contributed by atoms with Crippen molar-refractivity contribution in [2.24, 2.45) is 14.1 Å². The Bertz CT molecular complexity index is 1120. The third kappa shape index (κ3) is 3.23. The zero-order valence-corrected chi connectivity index (χ0v) is 15.5. The second-order valence-electron chi connectivity index (χ2n) is 6.22. The number of aromatic amines is 1. The summed E-state index contributed by atoms with van der Waals surface area (Å²) in [5.74, 6) is 0.649. The van der Waals surface area contributed by atoms with Gasteiger partial charge in [-0.15, -0.1) is 0 Å². The van der Waals surface area contributed by atoms with Crippen molar-refractivity contribution < 1.29 is 9.84 Å². The van der Waals surface area contributed by atoms with Crippen LogP contribution >= 0.6 is 12.2 Å². The Balaban J connectivity index is 1.88. The highest BCUT2D eigenvalue weighted by molar-refractivity contribution is 7.71. The molecule has 0 aliphatic carbocycles. The van der Waals surface area contributed by atoms with Gasteiger partial charge in [0.15, 0.2) is 10.3 Å². The summed E-state index contributed by atoms with van der Waals surface area (Å²) < 4.78 is 9.66. The van der Waals surface area contributed by atoms with Gasteiger partial charge in [-0.3, -0.25) is 13.9 Å². The highest BCUT2D eigenvalue weighted by Gasteiger charge is 2.17. The summed E-state index contributed by atoms with van der Waals surface area (Å²) in [4.78, 5) is 27.4. The zero-order chi connectivity index (χ0) is 19.0. The van der Waals surface area contributed by atoms with Crippen LogP contribution in [-0.2, 0) is 20.6 Å². The second-order valence-corrected chi connectivity index (χ2v) is 6.61. The quantitative estimate of drug-likeness (QED) is 0.644. The zero-order valence-electron chi connectivity index (χ0n) is 14.7. The summed E-state index contributed by atoms with van der Waals surface area (Å²) in [5.41, 5.74) is 0.768. The molecule has 26 heavy (non-hydrogen) atoms. The molecule has 0 aliphatic heterocycles. The van der Waals surface area contributed by atoms with E-state index < -0.39 is 17.4 Å². The van der Waals surface area contributed by atoms with Crippen molar-refractivity contribution >= 4 is 23.4 Å². The van der Waals surface area contributed by atoms with Crippen molar-refractivity contribution in [1.29, 1.82) is 0 Å². The van der Waals surface area contributed by atoms with Crippen molar-refractivity contribution in [2.45, 2.75) is 19.6 Å². The van der Waals surface area contributed by atoms with Gasteiger partial charge in [-0.2, -0.15) is 0 Å². The summed E-state index contributed by atoms with van der Waals surface area (Å²) in [7, 11) is 2.96. The Morgan fingerprint density at radius 1 is 1.19 bits per heavy atom. The number of ether oxygens (including phenoxy) is 1. The van der Waals surface area contributed by atoms with Crippen LogP contribution in [-0.4, -0.2) is 36.5 Å². The van der Waals surface area contributed by atoms with Gasteiger partial charge in [-0.05, 0) is 31.3 Å². The molecule has 0 fully saturated rings. The summed E-state index contributed by atoms with van der Waals surface area (Å²) in [6.45, 7) is 2.09. The number of benzene rings is 1. The van der Waals surface area contributed by atoms with Crippen LogP contribution in [0.4, 0.5) is 0 Å². The molecular weight excluding hydrogens is 356 g/mol. The molecule has 0 aliphatic rings. The lowest BCUT2D eigenvalue weighted by Crippen LogP contribution is -2.38. The van der Waals surface area contributed by atoms with Gasteiger partial charge in [-0.25, -0.2) is 4.79 Å². The fourth-order valence-electron chi connectivity index (χ4n) is 2.75. The maximum Gasteiger partial charge on any atom is 0.332 e. The van der Waals surface area contributed by atoms with Crippen LogP contribution < -0.4 is 16.0 Å². The Kier molecular flexibility index (Phi) is 4.84. The first kappa shape index (κ1) is 18.2. The largest absolute Gasteiger partial charge is 0.491 e. The normalized spacial score (nSPS) is 12.5. The van der Waals surface area contributed by atoms with Gasteiger partial charge in [-0.1, -0.05) is 17.7 Å². The first-order valence-corrected chi connectivity index (χ1v) is 8.46. The maximum absolute atomic E-state index is 12.5. The van der Waals surface area contributed by atoms with Gasteiger partial charge in [0.25, 0.3) is 5.56 Å². The molecule has 2 N–H and O–H groups in total. The van der Waals surface area contributed by atoms with E-state index in [0.717, 1.165) is 10.1 Å². The molecule has 0 saturated carbocycles. The first-order chi connectivity index (χ1) is 12.3. The molecule has 3 aromatic rings. The number of aliphatic hydroxyl groups excluding tert-OH is 1. The lowest BCUT2D eigenvalue weighted by Gasteiger charge is -2.14. The van der Waals surface area contributed by atoms with Gasteiger partial charge in [0, 0.05) is 14.1 Å². The van der Waals surface area contributed by atoms with Crippen molar-refractivity contribution in [3.05, 3.63) is 55.4 Å². The molecule has 2 heterocycles. The van der Waals surface area contributed by atoms with E-state index in [9.17, 15) is 14.7 Å². The number of aliphatic hydroxyl groups is 1. The summed E-state index contributed by atoms with van der Waals surface area (Å²) in [6, 6.07) is 7.49. The molecule has 138 valence electrons. The monoisotopic (exact) mass is 376 g/mol. The van der Waals surface area contributed by atoms with E-state index in [1.54, 1.807) is 7.05 Å². The minimum Gasteiger partial charge on any atom is -0.491 e. The van der Waals surface area contributed by atoms with Crippen LogP contribution in [0, 0.1) is 11.7 Å².